The molecule has 0 bridgehead atoms. The van der Waals surface area contributed by atoms with E-state index < -0.39 is 24.5 Å². The molecule has 1 aliphatic rings. The lowest BCUT2D eigenvalue weighted by Crippen LogP contribution is -2.45. The van der Waals surface area contributed by atoms with Crippen molar-refractivity contribution in [1.82, 2.24) is 4.90 Å². The number of anilines is 1. The highest BCUT2D eigenvalue weighted by molar-refractivity contribution is 5.70. The van der Waals surface area contributed by atoms with Crippen LogP contribution in [0.1, 0.15) is 56.4 Å². The van der Waals surface area contributed by atoms with E-state index in [0.29, 0.717) is 25.2 Å². The second-order valence-electron chi connectivity index (χ2n) is 12.8. The highest BCUT2D eigenvalue weighted by Gasteiger charge is 2.30. The first-order valence-corrected chi connectivity index (χ1v) is 16.2. The normalized spacial score (nSPS) is 13.4. The van der Waals surface area contributed by atoms with Gasteiger partial charge < -0.3 is 28.7 Å². The summed E-state index contributed by atoms with van der Waals surface area (Å²) < 4.78 is 60.5. The van der Waals surface area contributed by atoms with Crippen molar-refractivity contribution in [2.45, 2.75) is 71.4 Å². The predicted octanol–water partition coefficient (Wildman–Crippen LogP) is 7.72. The van der Waals surface area contributed by atoms with E-state index in [2.05, 4.69) is 17.0 Å². The first kappa shape index (κ1) is 36.4. The van der Waals surface area contributed by atoms with Gasteiger partial charge in [0.25, 0.3) is 0 Å². The minimum absolute atomic E-state index is 0.00632. The summed E-state index contributed by atoms with van der Waals surface area (Å²) in [7, 11) is 0. The molecule has 3 aromatic rings. The molecular weight excluding hydrogens is 623 g/mol. The van der Waals surface area contributed by atoms with Crippen LogP contribution in [0.25, 0.3) is 0 Å². The van der Waals surface area contributed by atoms with Gasteiger partial charge in [0, 0.05) is 25.7 Å². The Hall–Kier alpha value is -4.43. The minimum Gasteiger partial charge on any atom is -0.488 e. The van der Waals surface area contributed by atoms with E-state index in [1.807, 2.05) is 43.3 Å². The van der Waals surface area contributed by atoms with Gasteiger partial charge in [-0.15, -0.1) is 0 Å². The van der Waals surface area contributed by atoms with Crippen LogP contribution in [0.15, 0.2) is 66.7 Å². The third-order valence-electron chi connectivity index (χ3n) is 7.69. The van der Waals surface area contributed by atoms with Gasteiger partial charge in [-0.2, -0.15) is 18.4 Å². The van der Waals surface area contributed by atoms with Gasteiger partial charge in [-0.3, -0.25) is 0 Å². The Kier molecular flexibility index (Phi) is 12.6. The zero-order valence-corrected chi connectivity index (χ0v) is 28.0. The van der Waals surface area contributed by atoms with Crippen LogP contribution >= 0.6 is 0 Å². The van der Waals surface area contributed by atoms with Gasteiger partial charge in [-0.1, -0.05) is 48.5 Å². The van der Waals surface area contributed by atoms with Crippen LogP contribution in [0.5, 0.6) is 11.5 Å². The number of amides is 1. The van der Waals surface area contributed by atoms with E-state index in [9.17, 15) is 23.2 Å². The Bertz CT molecular complexity index is 1540. The number of nitrogens with zero attached hydrogens (tertiary/aromatic N) is 3. The number of carbonyl (C=O) groups excluding carboxylic acids is 1. The number of fused-ring (bicyclic) bond motifs is 1. The molecule has 0 fully saturated rings. The maximum absolute atomic E-state index is 13.3. The molecule has 1 heterocycles. The highest BCUT2D eigenvalue weighted by atomic mass is 19.4. The Labute approximate surface area is 280 Å². The summed E-state index contributed by atoms with van der Waals surface area (Å²) in [6.45, 7) is 8.67. The summed E-state index contributed by atoms with van der Waals surface area (Å²) in [5.41, 5.74) is 3.97. The van der Waals surface area contributed by atoms with Crippen LogP contribution in [-0.4, -0.2) is 68.3 Å². The third kappa shape index (κ3) is 11.1. The summed E-state index contributed by atoms with van der Waals surface area (Å²) in [5.74, 6) is 0.103. The molecule has 0 spiro atoms. The van der Waals surface area contributed by atoms with Gasteiger partial charge in [0.15, 0.2) is 18.1 Å². The lowest BCUT2D eigenvalue weighted by Gasteiger charge is -2.32. The summed E-state index contributed by atoms with van der Waals surface area (Å²) >= 11 is 0. The van der Waals surface area contributed by atoms with Crippen LogP contribution in [0, 0.1) is 11.3 Å². The lowest BCUT2D eigenvalue weighted by atomic mass is 9.98. The fourth-order valence-corrected chi connectivity index (χ4v) is 5.61. The molecule has 258 valence electrons. The summed E-state index contributed by atoms with van der Waals surface area (Å²) in [5, 5.41) is 10.1. The smallest absolute Gasteiger partial charge is 0.422 e. The second kappa shape index (κ2) is 16.6. The number of ether oxygens (including phenoxy) is 4. The molecule has 0 radical (unpaired) electrons. The largest absolute Gasteiger partial charge is 0.488 e. The van der Waals surface area contributed by atoms with Gasteiger partial charge in [-0.25, -0.2) is 4.79 Å². The first-order valence-electron chi connectivity index (χ1n) is 16.2. The van der Waals surface area contributed by atoms with Crippen molar-refractivity contribution in [3.63, 3.8) is 0 Å². The van der Waals surface area contributed by atoms with Crippen molar-refractivity contribution >= 4 is 11.8 Å². The predicted molar refractivity (Wildman–Crippen MR) is 177 cm³/mol. The Balaban J connectivity index is 1.39. The number of para-hydroxylation sites is 2. The zero-order valence-electron chi connectivity index (χ0n) is 28.0. The second-order valence-corrected chi connectivity index (χ2v) is 12.8. The highest BCUT2D eigenvalue weighted by Crippen LogP contribution is 2.34. The van der Waals surface area contributed by atoms with Crippen molar-refractivity contribution in [3.05, 3.63) is 89.0 Å². The topological polar surface area (TPSA) is 84.3 Å². The molecule has 48 heavy (non-hydrogen) atoms. The van der Waals surface area contributed by atoms with E-state index in [1.165, 1.54) is 12.1 Å². The molecule has 0 N–H and O–H groups in total. The number of halogens is 3. The number of nitriles is 1. The first-order chi connectivity index (χ1) is 22.8. The Morgan fingerprint density at radius 3 is 2.33 bits per heavy atom. The SMILES string of the molecule is C[C@H](Cc1cc(C#N)c2c(c1)CCN2CCCOCc1ccccc1)N(CCOc1ccccc1OCC(F)(F)F)C(=O)OC(C)(C)C. The summed E-state index contributed by atoms with van der Waals surface area (Å²) in [4.78, 5) is 17.1. The fraction of sp³-hybridized carbons (Fsp3) is 0.459. The van der Waals surface area contributed by atoms with Crippen molar-refractivity contribution in [2.24, 2.45) is 0 Å². The van der Waals surface area contributed by atoms with Crippen LogP contribution < -0.4 is 14.4 Å². The molecule has 3 aromatic carbocycles. The number of carbonyl (C=O) groups is 1. The molecule has 1 atom stereocenters. The van der Waals surface area contributed by atoms with Crippen molar-refractivity contribution in [2.75, 3.05) is 44.4 Å². The van der Waals surface area contributed by atoms with E-state index in [1.54, 1.807) is 37.8 Å². The molecule has 1 aliphatic heterocycles. The average Bonchev–Trinajstić information content (AvgIpc) is 3.44. The number of hydrogen-bond donors (Lipinski definition) is 0. The quantitative estimate of drug-likeness (QED) is 0.154. The molecule has 0 saturated carbocycles. The number of hydrogen-bond acceptors (Lipinski definition) is 7. The van der Waals surface area contributed by atoms with Crippen molar-refractivity contribution in [1.29, 1.82) is 5.26 Å². The summed E-state index contributed by atoms with van der Waals surface area (Å²) in [6.07, 6.45) is -2.92. The fourth-order valence-electron chi connectivity index (χ4n) is 5.61. The van der Waals surface area contributed by atoms with Crippen molar-refractivity contribution in [3.8, 4) is 17.6 Å². The molecular formula is C37H44F3N3O5. The van der Waals surface area contributed by atoms with E-state index in [-0.39, 0.29) is 30.7 Å². The van der Waals surface area contributed by atoms with Gasteiger partial charge in [0.05, 0.1) is 24.4 Å². The molecule has 4 rings (SSSR count). The third-order valence-corrected chi connectivity index (χ3v) is 7.69. The van der Waals surface area contributed by atoms with Crippen molar-refractivity contribution < 1.29 is 36.9 Å². The Morgan fingerprint density at radius 2 is 1.67 bits per heavy atom. The van der Waals surface area contributed by atoms with Crippen LogP contribution in [-0.2, 0) is 28.9 Å². The molecule has 11 heteroatoms. The van der Waals surface area contributed by atoms with E-state index in [4.69, 9.17) is 18.9 Å². The van der Waals surface area contributed by atoms with Crippen LogP contribution in [0.4, 0.5) is 23.7 Å². The number of rotatable bonds is 15. The average molecular weight is 668 g/mol. The lowest BCUT2D eigenvalue weighted by molar-refractivity contribution is -0.153. The molecule has 0 saturated heterocycles. The maximum atomic E-state index is 13.3. The summed E-state index contributed by atoms with van der Waals surface area (Å²) in [6, 6.07) is 22.2. The van der Waals surface area contributed by atoms with Gasteiger partial charge >= 0.3 is 12.3 Å². The number of benzene rings is 3. The molecule has 8 nitrogen and oxygen atoms in total. The van der Waals surface area contributed by atoms with Gasteiger partial charge in [-0.05, 0) is 81.8 Å². The zero-order chi connectivity index (χ0) is 34.7. The maximum Gasteiger partial charge on any atom is 0.422 e. The Morgan fingerprint density at radius 1 is 0.979 bits per heavy atom. The number of alkyl halides is 3. The van der Waals surface area contributed by atoms with Gasteiger partial charge in [0.1, 0.15) is 18.3 Å². The van der Waals surface area contributed by atoms with Crippen LogP contribution in [0.2, 0.25) is 0 Å². The monoisotopic (exact) mass is 667 g/mol. The molecule has 0 aromatic heterocycles. The minimum atomic E-state index is -4.49. The van der Waals surface area contributed by atoms with E-state index in [0.717, 1.165) is 48.3 Å². The van der Waals surface area contributed by atoms with Gasteiger partial charge in [0.2, 0.25) is 0 Å². The molecule has 0 unspecified atom stereocenters. The van der Waals surface area contributed by atoms with Crippen LogP contribution in [0.3, 0.4) is 0 Å². The standard InChI is InChI=1S/C37H44F3N3O5/c1-27(43(35(44)48-36(2,3)4)18-20-46-32-13-8-9-14-33(32)47-26-37(38,39)40)21-29-22-30-15-17-42(34(30)31(23-29)24-41)16-10-19-45-25-28-11-6-5-7-12-28/h5-9,11-14,22-23,27H,10,15-21,25-26H2,1-4H3/t27-/m1/s1. The van der Waals surface area contributed by atoms with E-state index >= 15 is 0 Å². The molecule has 1 amide bonds. The molecule has 0 aliphatic carbocycles.